The number of hydrogen-bond acceptors (Lipinski definition) is 10. The summed E-state index contributed by atoms with van der Waals surface area (Å²) in [5, 5.41) is 17.0. The number of hydrogen-bond donors (Lipinski definition) is 2. The molecule has 0 aliphatic heterocycles. The molecule has 0 bridgehead atoms. The molecule has 0 radical (unpaired) electrons. The van der Waals surface area contributed by atoms with Crippen LogP contribution >= 0.6 is 0 Å². The highest BCUT2D eigenvalue weighted by Gasteiger charge is 2.08. The maximum Gasteiger partial charge on any atom is 0.344 e. The van der Waals surface area contributed by atoms with Crippen molar-refractivity contribution in [3.8, 4) is 0 Å². The molecule has 0 aromatic carbocycles. The average Bonchev–Trinajstić information content (AvgIpc) is 2.69. The van der Waals surface area contributed by atoms with Crippen LogP contribution in [0.1, 0.15) is 51.4 Å². The third kappa shape index (κ3) is 17.2. The minimum atomic E-state index is -0.934. The first-order valence-electron chi connectivity index (χ1n) is 9.33. The van der Waals surface area contributed by atoms with Crippen molar-refractivity contribution in [2.75, 3.05) is 39.6 Å². The Morgan fingerprint density at radius 2 is 1.07 bits per heavy atom. The van der Waals surface area contributed by atoms with E-state index in [0.29, 0.717) is 45.1 Å². The van der Waals surface area contributed by atoms with E-state index >= 15 is 0 Å². The minimum Gasteiger partial charge on any atom is -0.466 e. The molecule has 0 aromatic rings. The predicted molar refractivity (Wildman–Crippen MR) is 94.9 cm³/mol. The van der Waals surface area contributed by atoms with Crippen LogP contribution in [0, 0.1) is 0 Å². The third-order valence-corrected chi connectivity index (χ3v) is 3.42. The smallest absolute Gasteiger partial charge is 0.344 e. The van der Waals surface area contributed by atoms with Crippen molar-refractivity contribution in [1.29, 1.82) is 0 Å². The van der Waals surface area contributed by atoms with Gasteiger partial charge in [-0.2, -0.15) is 0 Å². The van der Waals surface area contributed by atoms with Gasteiger partial charge in [-0.15, -0.1) is 0 Å². The molecule has 0 fully saturated rings. The van der Waals surface area contributed by atoms with Crippen molar-refractivity contribution in [3.05, 3.63) is 0 Å². The first-order valence-corrected chi connectivity index (χ1v) is 9.33. The van der Waals surface area contributed by atoms with E-state index in [0.717, 1.165) is 6.42 Å². The first-order chi connectivity index (χ1) is 13.5. The van der Waals surface area contributed by atoms with Gasteiger partial charge in [0.15, 0.2) is 6.61 Å². The Morgan fingerprint density at radius 3 is 1.64 bits per heavy atom. The van der Waals surface area contributed by atoms with E-state index in [4.69, 9.17) is 19.7 Å². The standard InChI is InChI=1S/C18H30O10/c19-9-5-1-3-7-15(21)25-10-6-2-4-8-16(22)26-11-12-27-18(24)14-28-17(23)13-20/h19-20H,1-14H2. The molecule has 162 valence electrons. The second kappa shape index (κ2) is 18.2. The molecule has 10 heteroatoms. The van der Waals surface area contributed by atoms with Gasteiger partial charge in [-0.25, -0.2) is 9.59 Å². The van der Waals surface area contributed by atoms with Crippen molar-refractivity contribution in [2.24, 2.45) is 0 Å². The molecular weight excluding hydrogens is 376 g/mol. The van der Waals surface area contributed by atoms with Crippen LogP contribution < -0.4 is 0 Å². The highest BCUT2D eigenvalue weighted by Crippen LogP contribution is 2.04. The normalized spacial score (nSPS) is 10.2. The van der Waals surface area contributed by atoms with Gasteiger partial charge in [-0.3, -0.25) is 9.59 Å². The fourth-order valence-electron chi connectivity index (χ4n) is 1.97. The van der Waals surface area contributed by atoms with Gasteiger partial charge in [-0.1, -0.05) is 6.42 Å². The fourth-order valence-corrected chi connectivity index (χ4v) is 1.97. The van der Waals surface area contributed by atoms with Crippen LogP contribution in [0.5, 0.6) is 0 Å². The number of carbonyl (C=O) groups is 4. The lowest BCUT2D eigenvalue weighted by Crippen LogP contribution is -2.20. The molecule has 0 rings (SSSR count). The number of rotatable bonds is 17. The number of aliphatic hydroxyl groups is 2. The van der Waals surface area contributed by atoms with Gasteiger partial charge in [0.25, 0.3) is 0 Å². The van der Waals surface area contributed by atoms with E-state index < -0.39 is 31.1 Å². The molecule has 0 aromatic heterocycles. The summed E-state index contributed by atoms with van der Waals surface area (Å²) in [5.41, 5.74) is 0. The third-order valence-electron chi connectivity index (χ3n) is 3.42. The van der Waals surface area contributed by atoms with Gasteiger partial charge in [0.1, 0.15) is 19.8 Å². The zero-order chi connectivity index (χ0) is 21.0. The summed E-state index contributed by atoms with van der Waals surface area (Å²) in [6.45, 7) is -1.25. The molecule has 28 heavy (non-hydrogen) atoms. The molecule has 0 aliphatic carbocycles. The molecular formula is C18H30O10. The van der Waals surface area contributed by atoms with E-state index in [1.165, 1.54) is 0 Å². The van der Waals surface area contributed by atoms with Crippen LogP contribution in [-0.4, -0.2) is 73.7 Å². The van der Waals surface area contributed by atoms with Crippen LogP contribution in [0.15, 0.2) is 0 Å². The van der Waals surface area contributed by atoms with Crippen LogP contribution in [0.25, 0.3) is 0 Å². The number of carbonyl (C=O) groups excluding carboxylic acids is 4. The Labute approximate surface area is 164 Å². The van der Waals surface area contributed by atoms with Crippen molar-refractivity contribution in [1.82, 2.24) is 0 Å². The quantitative estimate of drug-likeness (QED) is 0.196. The first kappa shape index (κ1) is 25.8. The van der Waals surface area contributed by atoms with Crippen molar-refractivity contribution in [3.63, 3.8) is 0 Å². The molecule has 0 saturated heterocycles. The SMILES string of the molecule is O=C(CO)OCC(=O)OCCOC(=O)CCCCCOC(=O)CCCCCO. The van der Waals surface area contributed by atoms with Crippen molar-refractivity contribution >= 4 is 23.9 Å². The highest BCUT2D eigenvalue weighted by molar-refractivity contribution is 5.76. The molecule has 0 unspecified atom stereocenters. The molecule has 2 N–H and O–H groups in total. The second-order valence-electron chi connectivity index (χ2n) is 5.83. The largest absolute Gasteiger partial charge is 0.466 e. The Bertz CT molecular complexity index is 463. The van der Waals surface area contributed by atoms with Gasteiger partial charge in [0.05, 0.1) is 6.61 Å². The van der Waals surface area contributed by atoms with Crippen molar-refractivity contribution in [2.45, 2.75) is 51.4 Å². The Kier molecular flexibility index (Phi) is 16.7. The minimum absolute atomic E-state index is 0.105. The Hall–Kier alpha value is -2.20. The summed E-state index contributed by atoms with van der Waals surface area (Å²) >= 11 is 0. The topological polar surface area (TPSA) is 146 Å². The van der Waals surface area contributed by atoms with Gasteiger partial charge < -0.3 is 29.2 Å². The van der Waals surface area contributed by atoms with Crippen LogP contribution in [0.4, 0.5) is 0 Å². The van der Waals surface area contributed by atoms with Crippen LogP contribution in [-0.2, 0) is 38.1 Å². The number of unbranched alkanes of at least 4 members (excludes halogenated alkanes) is 4. The summed E-state index contributed by atoms with van der Waals surface area (Å²) < 4.78 is 19.0. The summed E-state index contributed by atoms with van der Waals surface area (Å²) in [4.78, 5) is 44.7. The Balaban J connectivity index is 3.45. The summed E-state index contributed by atoms with van der Waals surface area (Å²) in [6.07, 6.45) is 4.68. The lowest BCUT2D eigenvalue weighted by Gasteiger charge is -2.07. The summed E-state index contributed by atoms with van der Waals surface area (Å²) in [5.74, 6) is -2.42. The van der Waals surface area contributed by atoms with E-state index in [2.05, 4.69) is 9.47 Å². The second-order valence-corrected chi connectivity index (χ2v) is 5.83. The Morgan fingerprint density at radius 1 is 0.536 bits per heavy atom. The molecule has 0 spiro atoms. The van der Waals surface area contributed by atoms with E-state index in [-0.39, 0.29) is 32.2 Å². The van der Waals surface area contributed by atoms with Crippen LogP contribution in [0.3, 0.4) is 0 Å². The molecule has 0 atom stereocenters. The fraction of sp³-hybridized carbons (Fsp3) is 0.778. The van der Waals surface area contributed by atoms with Crippen molar-refractivity contribution < 1.29 is 48.3 Å². The van der Waals surface area contributed by atoms with Gasteiger partial charge >= 0.3 is 23.9 Å². The maximum absolute atomic E-state index is 11.5. The molecule has 0 heterocycles. The molecule has 10 nitrogen and oxygen atoms in total. The number of aliphatic hydroxyl groups excluding tert-OH is 2. The van der Waals surface area contributed by atoms with E-state index in [1.54, 1.807) is 0 Å². The zero-order valence-electron chi connectivity index (χ0n) is 16.1. The molecule has 0 saturated carbocycles. The number of esters is 4. The lowest BCUT2D eigenvalue weighted by atomic mass is 10.2. The van der Waals surface area contributed by atoms with Gasteiger partial charge in [0, 0.05) is 19.4 Å². The van der Waals surface area contributed by atoms with Gasteiger partial charge in [0.2, 0.25) is 0 Å². The lowest BCUT2D eigenvalue weighted by molar-refractivity contribution is -0.162. The number of ether oxygens (including phenoxy) is 4. The molecule has 0 aliphatic rings. The summed E-state index contributed by atoms with van der Waals surface area (Å²) in [6, 6.07) is 0. The zero-order valence-corrected chi connectivity index (χ0v) is 16.1. The van der Waals surface area contributed by atoms with Crippen LogP contribution in [0.2, 0.25) is 0 Å². The highest BCUT2D eigenvalue weighted by atomic mass is 16.6. The predicted octanol–water partition coefficient (Wildman–Crippen LogP) is 0.265. The molecule has 0 amide bonds. The average molecular weight is 406 g/mol. The van der Waals surface area contributed by atoms with E-state index in [9.17, 15) is 19.2 Å². The summed E-state index contributed by atoms with van der Waals surface area (Å²) in [7, 11) is 0. The maximum atomic E-state index is 11.5. The van der Waals surface area contributed by atoms with Gasteiger partial charge in [-0.05, 0) is 32.1 Å². The monoisotopic (exact) mass is 406 g/mol. The van der Waals surface area contributed by atoms with E-state index in [1.807, 2.05) is 0 Å².